The molecule has 9 nitrogen and oxygen atoms in total. The first-order chi connectivity index (χ1) is 15.9. The zero-order chi connectivity index (χ0) is 23.5. The van der Waals surface area contributed by atoms with Gasteiger partial charge in [0.1, 0.15) is 11.5 Å². The van der Waals surface area contributed by atoms with Crippen LogP contribution in [0.4, 0.5) is 5.13 Å². The van der Waals surface area contributed by atoms with Gasteiger partial charge >= 0.3 is 0 Å². The van der Waals surface area contributed by atoms with Crippen LogP contribution in [0.2, 0.25) is 0 Å². The molecule has 1 aliphatic rings. The zero-order valence-electron chi connectivity index (χ0n) is 18.1. The van der Waals surface area contributed by atoms with Gasteiger partial charge in [-0.1, -0.05) is 13.3 Å². The Labute approximate surface area is 193 Å². The van der Waals surface area contributed by atoms with Crippen molar-refractivity contribution in [3.8, 4) is 11.5 Å². The predicted molar refractivity (Wildman–Crippen MR) is 122 cm³/mol. The summed E-state index contributed by atoms with van der Waals surface area (Å²) in [6.07, 6.45) is 1.60. The summed E-state index contributed by atoms with van der Waals surface area (Å²) in [5.74, 6) is -0.182. The molecule has 0 atom stereocenters. The maximum Gasteiger partial charge on any atom is 0.261 e. The van der Waals surface area contributed by atoms with E-state index in [0.29, 0.717) is 34.5 Å². The molecular weight excluding hydrogens is 444 g/mol. The lowest BCUT2D eigenvalue weighted by molar-refractivity contribution is -0.119. The van der Waals surface area contributed by atoms with Gasteiger partial charge in [-0.3, -0.25) is 29.4 Å². The summed E-state index contributed by atoms with van der Waals surface area (Å²) in [6.45, 7) is 4.06. The molecule has 0 spiro atoms. The predicted octanol–water partition coefficient (Wildman–Crippen LogP) is 3.69. The van der Waals surface area contributed by atoms with Crippen LogP contribution < -0.4 is 10.6 Å². The van der Waals surface area contributed by atoms with Crippen LogP contribution in [-0.2, 0) is 11.3 Å². The van der Waals surface area contributed by atoms with Crippen molar-refractivity contribution in [2.24, 2.45) is 0 Å². The average Bonchev–Trinajstić information content (AvgIpc) is 3.51. The van der Waals surface area contributed by atoms with E-state index in [1.165, 1.54) is 41.4 Å². The smallest absolute Gasteiger partial charge is 0.261 e. The number of anilines is 1. The number of unbranched alkanes of at least 4 members (excludes halogenated alkanes) is 1. The first-order valence-electron chi connectivity index (χ1n) is 10.5. The van der Waals surface area contributed by atoms with E-state index in [0.717, 1.165) is 12.8 Å². The Morgan fingerprint density at radius 2 is 1.91 bits per heavy atom. The summed E-state index contributed by atoms with van der Waals surface area (Å²) in [4.78, 5) is 54.5. The van der Waals surface area contributed by atoms with Crippen molar-refractivity contribution in [3.63, 3.8) is 0 Å². The summed E-state index contributed by atoms with van der Waals surface area (Å²) in [5.41, 5.74) is 1.37. The number of amides is 4. The van der Waals surface area contributed by atoms with E-state index in [9.17, 15) is 19.2 Å². The fourth-order valence-electron chi connectivity index (χ4n) is 3.39. The molecule has 3 aromatic rings. The van der Waals surface area contributed by atoms with Gasteiger partial charge in [-0.2, -0.15) is 0 Å². The van der Waals surface area contributed by atoms with Crippen molar-refractivity contribution >= 4 is 40.1 Å². The van der Waals surface area contributed by atoms with Gasteiger partial charge in [0.2, 0.25) is 5.91 Å². The Morgan fingerprint density at radius 1 is 1.12 bits per heavy atom. The molecule has 0 bridgehead atoms. The molecule has 10 heteroatoms. The molecule has 1 aromatic carbocycles. The number of hydrogen-bond donors (Lipinski definition) is 2. The highest BCUT2D eigenvalue weighted by Crippen LogP contribution is 2.28. The van der Waals surface area contributed by atoms with Gasteiger partial charge in [0.25, 0.3) is 17.7 Å². The number of furan rings is 1. The number of rotatable bonds is 8. The van der Waals surface area contributed by atoms with Crippen LogP contribution >= 0.6 is 11.3 Å². The number of carbonyl (C=O) groups excluding carboxylic acids is 4. The summed E-state index contributed by atoms with van der Waals surface area (Å²) in [5, 5.41) is 7.48. The van der Waals surface area contributed by atoms with Crippen LogP contribution in [0.3, 0.4) is 0 Å². The minimum atomic E-state index is -0.434. The van der Waals surface area contributed by atoms with E-state index in [-0.39, 0.29) is 35.4 Å². The van der Waals surface area contributed by atoms with Crippen LogP contribution in [0.1, 0.15) is 63.5 Å². The second-order valence-electron chi connectivity index (χ2n) is 7.54. The van der Waals surface area contributed by atoms with Crippen molar-refractivity contribution < 1.29 is 23.6 Å². The van der Waals surface area contributed by atoms with E-state index < -0.39 is 5.91 Å². The van der Waals surface area contributed by atoms with E-state index in [4.69, 9.17) is 4.42 Å². The number of carbonyl (C=O) groups is 4. The molecule has 3 heterocycles. The maximum atomic E-state index is 12.7. The molecule has 2 aromatic heterocycles. The van der Waals surface area contributed by atoms with Gasteiger partial charge in [0.05, 0.1) is 17.7 Å². The molecular formula is C23H22N4O5S. The number of hydrogen-bond acceptors (Lipinski definition) is 7. The topological polar surface area (TPSA) is 122 Å². The molecule has 33 heavy (non-hydrogen) atoms. The van der Waals surface area contributed by atoms with Gasteiger partial charge in [-0.15, -0.1) is 11.3 Å². The lowest BCUT2D eigenvalue weighted by atomic mass is 10.1. The van der Waals surface area contributed by atoms with E-state index in [1.807, 2.05) is 6.92 Å². The Hall–Kier alpha value is -3.79. The van der Waals surface area contributed by atoms with Crippen LogP contribution in [0.5, 0.6) is 0 Å². The number of benzene rings is 1. The van der Waals surface area contributed by atoms with E-state index in [2.05, 4.69) is 15.6 Å². The van der Waals surface area contributed by atoms with Crippen LogP contribution in [-0.4, -0.2) is 40.1 Å². The quantitative estimate of drug-likeness (QED) is 0.489. The number of nitrogens with one attached hydrogen (secondary N) is 2. The van der Waals surface area contributed by atoms with Crippen molar-refractivity contribution in [3.05, 3.63) is 58.2 Å². The zero-order valence-corrected chi connectivity index (χ0v) is 19.0. The summed E-state index contributed by atoms with van der Waals surface area (Å²) in [6, 6.07) is 7.98. The average molecular weight is 467 g/mol. The Balaban J connectivity index is 1.45. The van der Waals surface area contributed by atoms with Crippen LogP contribution in [0, 0.1) is 0 Å². The number of thiazole rings is 1. The van der Waals surface area contributed by atoms with E-state index in [1.54, 1.807) is 17.5 Å². The molecule has 0 aliphatic carbocycles. The molecule has 4 rings (SSSR count). The number of aromatic nitrogens is 1. The van der Waals surface area contributed by atoms with E-state index >= 15 is 0 Å². The highest BCUT2D eigenvalue weighted by atomic mass is 32.1. The molecule has 0 saturated carbocycles. The Kier molecular flexibility index (Phi) is 6.36. The van der Waals surface area contributed by atoms with Gasteiger partial charge in [-0.05, 0) is 36.8 Å². The van der Waals surface area contributed by atoms with Gasteiger partial charge < -0.3 is 9.73 Å². The molecule has 0 fully saturated rings. The number of fused-ring (bicyclic) bond motifs is 1. The molecule has 0 unspecified atom stereocenters. The minimum absolute atomic E-state index is 0.155. The third-order valence-corrected chi connectivity index (χ3v) is 5.88. The SMILES string of the molecule is CCCCN1C(=O)c2ccc(C(=O)Nc3nc(-c4ccc(CNC(C)=O)o4)cs3)cc2C1=O. The fraction of sp³-hybridized carbons (Fsp3) is 0.261. The van der Waals surface area contributed by atoms with Crippen molar-refractivity contribution in [2.45, 2.75) is 33.2 Å². The Morgan fingerprint density at radius 3 is 2.67 bits per heavy atom. The van der Waals surface area contributed by atoms with Gasteiger partial charge in [0, 0.05) is 24.4 Å². The standard InChI is InChI=1S/C23H22N4O5S/c1-3-4-9-27-21(30)16-7-5-14(10-17(16)22(27)31)20(29)26-23-25-18(12-33-23)19-8-6-15(32-19)11-24-13(2)28/h5-8,10,12H,3-4,9,11H2,1-2H3,(H,24,28)(H,25,26,29). The van der Waals surface area contributed by atoms with Crippen molar-refractivity contribution in [2.75, 3.05) is 11.9 Å². The lowest BCUT2D eigenvalue weighted by Gasteiger charge is -2.12. The Bertz CT molecular complexity index is 1250. The molecule has 1 aliphatic heterocycles. The lowest BCUT2D eigenvalue weighted by Crippen LogP contribution is -2.30. The molecule has 0 radical (unpaired) electrons. The number of nitrogens with zero attached hydrogens (tertiary/aromatic N) is 2. The van der Waals surface area contributed by atoms with Crippen molar-refractivity contribution in [1.82, 2.24) is 15.2 Å². The third-order valence-electron chi connectivity index (χ3n) is 5.12. The second-order valence-corrected chi connectivity index (χ2v) is 8.40. The largest absolute Gasteiger partial charge is 0.458 e. The maximum absolute atomic E-state index is 12.7. The molecule has 4 amide bonds. The van der Waals surface area contributed by atoms with Crippen molar-refractivity contribution in [1.29, 1.82) is 0 Å². The van der Waals surface area contributed by atoms with Crippen LogP contribution in [0.25, 0.3) is 11.5 Å². The van der Waals surface area contributed by atoms with Gasteiger partial charge in [-0.25, -0.2) is 4.98 Å². The first kappa shape index (κ1) is 22.4. The monoisotopic (exact) mass is 466 g/mol. The highest BCUT2D eigenvalue weighted by Gasteiger charge is 2.35. The second kappa shape index (κ2) is 9.37. The molecule has 0 saturated heterocycles. The first-order valence-corrected chi connectivity index (χ1v) is 11.4. The molecule has 170 valence electrons. The molecule has 2 N–H and O–H groups in total. The summed E-state index contributed by atoms with van der Waals surface area (Å²) >= 11 is 1.23. The van der Waals surface area contributed by atoms with Crippen LogP contribution in [0.15, 0.2) is 40.1 Å². The normalized spacial score (nSPS) is 12.7. The fourth-order valence-corrected chi connectivity index (χ4v) is 4.08. The minimum Gasteiger partial charge on any atom is -0.458 e. The third kappa shape index (κ3) is 4.70. The number of imide groups is 1. The summed E-state index contributed by atoms with van der Waals surface area (Å²) in [7, 11) is 0. The van der Waals surface area contributed by atoms with Gasteiger partial charge in [0.15, 0.2) is 10.9 Å². The highest BCUT2D eigenvalue weighted by molar-refractivity contribution is 7.14. The summed E-state index contributed by atoms with van der Waals surface area (Å²) < 4.78 is 5.68.